The van der Waals surface area contributed by atoms with Crippen LogP contribution in [0.2, 0.25) is 0 Å². The number of carbonyl (C=O) groups excluding carboxylic acids is 1. The molecule has 2 aromatic rings. The van der Waals surface area contributed by atoms with Crippen molar-refractivity contribution in [3.8, 4) is 23.0 Å². The van der Waals surface area contributed by atoms with Crippen molar-refractivity contribution in [1.82, 2.24) is 5.32 Å². The third-order valence-electron chi connectivity index (χ3n) is 8.49. The zero-order valence-corrected chi connectivity index (χ0v) is 21.3. The first-order chi connectivity index (χ1) is 17.3. The van der Waals surface area contributed by atoms with E-state index in [0.717, 1.165) is 11.8 Å². The summed E-state index contributed by atoms with van der Waals surface area (Å²) in [6, 6.07) is 5.00. The molecule has 4 fully saturated rings. The van der Waals surface area contributed by atoms with E-state index in [1.807, 2.05) is 0 Å². The molecule has 2 N–H and O–H groups in total. The maximum Gasteiger partial charge on any atom is 0.343 e. The van der Waals surface area contributed by atoms with Gasteiger partial charge < -0.3 is 29.1 Å². The van der Waals surface area contributed by atoms with Gasteiger partial charge in [-0.2, -0.15) is 0 Å². The van der Waals surface area contributed by atoms with Crippen molar-refractivity contribution < 1.29 is 28.5 Å². The fourth-order valence-corrected chi connectivity index (χ4v) is 7.28. The summed E-state index contributed by atoms with van der Waals surface area (Å²) in [4.78, 5) is 26.5. The van der Waals surface area contributed by atoms with E-state index < -0.39 is 11.5 Å². The van der Waals surface area contributed by atoms with Crippen LogP contribution in [0.25, 0.3) is 0 Å². The number of methoxy groups -OCH3 is 3. The number of rotatable bonds is 8. The van der Waals surface area contributed by atoms with Gasteiger partial charge in [-0.25, -0.2) is 4.79 Å². The lowest BCUT2D eigenvalue weighted by molar-refractivity contribution is -0.125. The number of benzene rings is 1. The average Bonchev–Trinajstić information content (AvgIpc) is 2.83. The summed E-state index contributed by atoms with van der Waals surface area (Å²) in [5.74, 6) is 2.90. The lowest BCUT2D eigenvalue weighted by Crippen LogP contribution is -2.56. The fourth-order valence-electron chi connectivity index (χ4n) is 7.28. The molecule has 0 spiro atoms. The molecule has 1 unspecified atom stereocenters. The van der Waals surface area contributed by atoms with Crippen molar-refractivity contribution >= 4 is 5.91 Å². The number of hydrogen-bond donors (Lipinski definition) is 2. The van der Waals surface area contributed by atoms with Crippen molar-refractivity contribution in [2.75, 3.05) is 21.3 Å². The number of amides is 1. The molecule has 4 saturated carbocycles. The van der Waals surface area contributed by atoms with Gasteiger partial charge in [-0.1, -0.05) is 6.07 Å². The quantitative estimate of drug-likeness (QED) is 0.564. The summed E-state index contributed by atoms with van der Waals surface area (Å²) in [6.07, 6.45) is 6.05. The Morgan fingerprint density at radius 2 is 1.67 bits per heavy atom. The molecule has 194 valence electrons. The number of ether oxygens (including phenoxy) is 3. The first-order valence-electron chi connectivity index (χ1n) is 12.7. The zero-order valence-electron chi connectivity index (χ0n) is 21.3. The second kappa shape index (κ2) is 9.71. The van der Waals surface area contributed by atoms with Gasteiger partial charge in [0, 0.05) is 30.0 Å². The molecule has 6 rings (SSSR count). The predicted molar refractivity (Wildman–Crippen MR) is 133 cm³/mol. The Morgan fingerprint density at radius 3 is 2.22 bits per heavy atom. The Labute approximate surface area is 210 Å². The zero-order chi connectivity index (χ0) is 25.6. The van der Waals surface area contributed by atoms with Crippen LogP contribution in [-0.2, 0) is 4.79 Å². The Morgan fingerprint density at radius 1 is 1.03 bits per heavy atom. The molecule has 4 bridgehead atoms. The largest absolute Gasteiger partial charge is 0.507 e. The summed E-state index contributed by atoms with van der Waals surface area (Å²) in [6.45, 7) is 1.59. The lowest BCUT2D eigenvalue weighted by Gasteiger charge is -2.54. The molecule has 0 aliphatic heterocycles. The van der Waals surface area contributed by atoms with Crippen LogP contribution < -0.4 is 25.2 Å². The predicted octanol–water partition coefficient (Wildman–Crippen LogP) is 4.14. The molecule has 0 radical (unpaired) electrons. The van der Waals surface area contributed by atoms with Crippen LogP contribution in [0.1, 0.15) is 61.3 Å². The van der Waals surface area contributed by atoms with Gasteiger partial charge in [0.1, 0.15) is 11.5 Å². The number of aromatic hydroxyl groups is 1. The van der Waals surface area contributed by atoms with E-state index >= 15 is 0 Å². The van der Waals surface area contributed by atoms with Gasteiger partial charge >= 0.3 is 5.63 Å². The van der Waals surface area contributed by atoms with E-state index in [1.54, 1.807) is 19.1 Å². The summed E-state index contributed by atoms with van der Waals surface area (Å²) in [5, 5.41) is 14.1. The summed E-state index contributed by atoms with van der Waals surface area (Å²) >= 11 is 0. The van der Waals surface area contributed by atoms with Gasteiger partial charge in [0.25, 0.3) is 0 Å². The fraction of sp³-hybridized carbons (Fsp3) is 0.571. The highest BCUT2D eigenvalue weighted by molar-refractivity contribution is 5.78. The molecule has 1 aromatic heterocycles. The number of hydrogen-bond acceptors (Lipinski definition) is 7. The van der Waals surface area contributed by atoms with Gasteiger partial charge in [-0.05, 0) is 68.8 Å². The van der Waals surface area contributed by atoms with Crippen LogP contribution in [0.15, 0.2) is 27.4 Å². The molecule has 1 aromatic carbocycles. The smallest absolute Gasteiger partial charge is 0.343 e. The number of carbonyl (C=O) groups is 1. The van der Waals surface area contributed by atoms with Crippen LogP contribution in [0.5, 0.6) is 23.0 Å². The minimum Gasteiger partial charge on any atom is -0.507 e. The van der Waals surface area contributed by atoms with Gasteiger partial charge in [0.15, 0.2) is 11.5 Å². The van der Waals surface area contributed by atoms with Crippen LogP contribution in [0.4, 0.5) is 0 Å². The number of nitrogens with one attached hydrogen (secondary N) is 1. The number of aryl methyl sites for hydroxylation is 1. The van der Waals surface area contributed by atoms with Crippen molar-refractivity contribution in [1.29, 1.82) is 0 Å². The highest BCUT2D eigenvalue weighted by Crippen LogP contribution is 2.54. The van der Waals surface area contributed by atoms with Gasteiger partial charge in [0.2, 0.25) is 11.7 Å². The Kier molecular flexibility index (Phi) is 6.62. The normalized spacial score (nSPS) is 26.9. The van der Waals surface area contributed by atoms with Crippen LogP contribution in [-0.4, -0.2) is 38.4 Å². The molecule has 4 aliphatic carbocycles. The molecular formula is C28H35NO7. The van der Waals surface area contributed by atoms with Gasteiger partial charge in [-0.15, -0.1) is 0 Å². The van der Waals surface area contributed by atoms with Crippen molar-refractivity contribution in [3.05, 3.63) is 45.5 Å². The monoisotopic (exact) mass is 497 g/mol. The van der Waals surface area contributed by atoms with E-state index in [0.29, 0.717) is 34.6 Å². The molecule has 8 nitrogen and oxygen atoms in total. The topological polar surface area (TPSA) is 107 Å². The average molecular weight is 498 g/mol. The van der Waals surface area contributed by atoms with E-state index in [9.17, 15) is 14.7 Å². The second-order valence-corrected chi connectivity index (χ2v) is 10.6. The highest BCUT2D eigenvalue weighted by atomic mass is 16.5. The first kappa shape index (κ1) is 24.5. The van der Waals surface area contributed by atoms with E-state index in [2.05, 4.69) is 5.32 Å². The minimum absolute atomic E-state index is 0.0198. The summed E-state index contributed by atoms with van der Waals surface area (Å²) in [7, 11) is 4.51. The van der Waals surface area contributed by atoms with Crippen LogP contribution in [0, 0.1) is 30.6 Å². The third-order valence-corrected chi connectivity index (χ3v) is 8.49. The third kappa shape index (κ3) is 4.31. The highest BCUT2D eigenvalue weighted by Gasteiger charge is 2.48. The van der Waals surface area contributed by atoms with E-state index in [1.165, 1.54) is 59.5 Å². The SMILES string of the molecule is COc1ccc(C(CC(=O)NC2C3CC4CC(C3)CC2C4)c2c(O)cc(C)oc2=O)c(OC)c1OC. The molecular weight excluding hydrogens is 462 g/mol. The summed E-state index contributed by atoms with van der Waals surface area (Å²) < 4.78 is 22.0. The van der Waals surface area contributed by atoms with E-state index in [-0.39, 0.29) is 35.4 Å². The molecule has 1 amide bonds. The maximum atomic E-state index is 13.5. The lowest BCUT2D eigenvalue weighted by atomic mass is 9.54. The molecule has 1 atom stereocenters. The van der Waals surface area contributed by atoms with Gasteiger partial charge in [-0.3, -0.25) is 4.79 Å². The van der Waals surface area contributed by atoms with Crippen LogP contribution >= 0.6 is 0 Å². The molecule has 0 saturated heterocycles. The standard InChI is InChI=1S/C28H35NO7/c1-14-7-21(30)24(28(32)36-14)20(19-5-6-22(33-2)27(35-4)26(19)34-3)13-23(31)29-25-17-9-15-8-16(11-17)12-18(25)10-15/h5-7,15-18,20,25,30H,8-13H2,1-4H3,(H,29,31). The van der Waals surface area contributed by atoms with Gasteiger partial charge in [0.05, 0.1) is 26.9 Å². The molecule has 1 heterocycles. The minimum atomic E-state index is -0.812. The Bertz CT molecular complexity index is 1180. The van der Waals surface area contributed by atoms with Crippen molar-refractivity contribution in [3.63, 3.8) is 0 Å². The Balaban J connectivity index is 1.50. The van der Waals surface area contributed by atoms with Crippen molar-refractivity contribution in [2.45, 2.75) is 57.4 Å². The van der Waals surface area contributed by atoms with E-state index in [4.69, 9.17) is 18.6 Å². The Hall–Kier alpha value is -3.16. The second-order valence-electron chi connectivity index (χ2n) is 10.6. The van der Waals surface area contributed by atoms with Crippen molar-refractivity contribution in [2.24, 2.45) is 23.7 Å². The maximum absolute atomic E-state index is 13.5. The molecule has 4 aliphatic rings. The van der Waals surface area contributed by atoms with Crippen LogP contribution in [0.3, 0.4) is 0 Å². The first-order valence-corrected chi connectivity index (χ1v) is 12.7. The molecule has 36 heavy (non-hydrogen) atoms. The molecule has 8 heteroatoms. The summed E-state index contributed by atoms with van der Waals surface area (Å²) in [5.41, 5.74) is -0.134.